The Balaban J connectivity index is 1.08. The van der Waals surface area contributed by atoms with Gasteiger partial charge in [-0.3, -0.25) is 9.80 Å². The van der Waals surface area contributed by atoms with Gasteiger partial charge in [-0.15, -0.1) is 10.2 Å². The van der Waals surface area contributed by atoms with Crippen LogP contribution in [0.2, 0.25) is 0 Å². The van der Waals surface area contributed by atoms with Gasteiger partial charge in [0.05, 0.1) is 24.6 Å². The van der Waals surface area contributed by atoms with E-state index in [9.17, 15) is 4.79 Å². The van der Waals surface area contributed by atoms with E-state index in [4.69, 9.17) is 23.7 Å². The second kappa shape index (κ2) is 9.02. The van der Waals surface area contributed by atoms with Crippen LogP contribution >= 0.6 is 0 Å². The Hall–Kier alpha value is -3.93. The average Bonchev–Trinajstić information content (AvgIpc) is 3.49. The van der Waals surface area contributed by atoms with Crippen LogP contribution < -0.4 is 23.8 Å². The van der Waals surface area contributed by atoms with E-state index < -0.39 is 6.09 Å². The van der Waals surface area contributed by atoms with Gasteiger partial charge in [0.15, 0.2) is 11.6 Å². The standard InChI is InChI=1S/C23H24N6O6/c1-31-14-2-3-18-17(8-14)21(25-13-24-18)34-15-4-5-28(10-15)11-16-12-29(23(30)35-16)20-9-19-22(27-26-20)33-7-6-32-19/h2-3,8-9,13,15-16H,4-7,10-12H2,1H3/t15-,16-/m1/s1. The maximum Gasteiger partial charge on any atom is 0.416 e. The molecule has 0 saturated carbocycles. The van der Waals surface area contributed by atoms with Gasteiger partial charge in [-0.05, 0) is 24.6 Å². The molecule has 12 nitrogen and oxygen atoms in total. The molecule has 1 aromatic carbocycles. The number of methoxy groups -OCH3 is 1. The van der Waals surface area contributed by atoms with Gasteiger partial charge in [-0.2, -0.15) is 0 Å². The quantitative estimate of drug-likeness (QED) is 0.512. The van der Waals surface area contributed by atoms with Crippen LogP contribution in [-0.2, 0) is 4.74 Å². The number of fused-ring (bicyclic) bond motifs is 2. The molecule has 0 spiro atoms. The summed E-state index contributed by atoms with van der Waals surface area (Å²) in [5.74, 6) is 2.46. The number of carbonyl (C=O) groups excluding carboxylic acids is 1. The first-order valence-corrected chi connectivity index (χ1v) is 11.5. The average molecular weight is 480 g/mol. The predicted octanol–water partition coefficient (Wildman–Crippen LogP) is 1.68. The number of ether oxygens (including phenoxy) is 5. The largest absolute Gasteiger partial charge is 0.497 e. The molecule has 12 heteroatoms. The maximum atomic E-state index is 12.5. The summed E-state index contributed by atoms with van der Waals surface area (Å²) in [5, 5.41) is 8.93. The molecule has 2 atom stereocenters. The van der Waals surface area contributed by atoms with Crippen LogP contribution in [0.4, 0.5) is 10.6 Å². The summed E-state index contributed by atoms with van der Waals surface area (Å²) in [6, 6.07) is 7.28. The van der Waals surface area contributed by atoms with Crippen molar-refractivity contribution in [3.8, 4) is 23.3 Å². The maximum absolute atomic E-state index is 12.5. The van der Waals surface area contributed by atoms with Crippen molar-refractivity contribution in [1.82, 2.24) is 25.1 Å². The molecule has 0 unspecified atom stereocenters. The molecule has 0 aliphatic carbocycles. The highest BCUT2D eigenvalue weighted by Gasteiger charge is 2.37. The summed E-state index contributed by atoms with van der Waals surface area (Å²) in [6.07, 6.45) is 1.57. The zero-order valence-electron chi connectivity index (χ0n) is 19.1. The number of cyclic esters (lactones) is 1. The van der Waals surface area contributed by atoms with Crippen molar-refractivity contribution < 1.29 is 28.5 Å². The molecule has 2 aromatic heterocycles. The van der Waals surface area contributed by atoms with E-state index >= 15 is 0 Å². The van der Waals surface area contributed by atoms with Crippen LogP contribution in [0.25, 0.3) is 10.9 Å². The van der Waals surface area contributed by atoms with Gasteiger partial charge in [0.25, 0.3) is 5.88 Å². The second-order valence-electron chi connectivity index (χ2n) is 8.54. The van der Waals surface area contributed by atoms with E-state index in [2.05, 4.69) is 25.1 Å². The number of benzene rings is 1. The Morgan fingerprint density at radius 3 is 2.94 bits per heavy atom. The predicted molar refractivity (Wildman–Crippen MR) is 122 cm³/mol. The molecule has 35 heavy (non-hydrogen) atoms. The Morgan fingerprint density at radius 2 is 2.03 bits per heavy atom. The topological polar surface area (TPSA) is 121 Å². The zero-order chi connectivity index (χ0) is 23.8. The Kier molecular flexibility index (Phi) is 5.57. The molecule has 3 aromatic rings. The lowest BCUT2D eigenvalue weighted by molar-refractivity contribution is 0.111. The van der Waals surface area contributed by atoms with E-state index in [1.54, 1.807) is 13.2 Å². The van der Waals surface area contributed by atoms with Crippen molar-refractivity contribution in [2.45, 2.75) is 18.6 Å². The number of nitrogens with zero attached hydrogens (tertiary/aromatic N) is 6. The van der Waals surface area contributed by atoms with Crippen molar-refractivity contribution >= 4 is 22.8 Å². The highest BCUT2D eigenvalue weighted by molar-refractivity contribution is 5.88. The van der Waals surface area contributed by atoms with Crippen LogP contribution in [-0.4, -0.2) is 89.9 Å². The summed E-state index contributed by atoms with van der Waals surface area (Å²) < 4.78 is 28.1. The molecule has 2 fully saturated rings. The molecular weight excluding hydrogens is 456 g/mol. The Labute approximate surface area is 200 Å². The number of aromatic nitrogens is 4. The highest BCUT2D eigenvalue weighted by Crippen LogP contribution is 2.32. The fourth-order valence-corrected chi connectivity index (χ4v) is 4.52. The smallest absolute Gasteiger partial charge is 0.416 e. The van der Waals surface area contributed by atoms with Crippen molar-refractivity contribution in [2.24, 2.45) is 0 Å². The molecule has 0 bridgehead atoms. The molecule has 182 valence electrons. The van der Waals surface area contributed by atoms with E-state index in [0.717, 1.165) is 29.6 Å². The number of anilines is 1. The molecule has 3 aliphatic heterocycles. The number of likely N-dealkylation sites (tertiary alicyclic amines) is 1. The number of amides is 1. The number of hydrogen-bond donors (Lipinski definition) is 0. The van der Waals surface area contributed by atoms with Crippen LogP contribution in [0.15, 0.2) is 30.6 Å². The molecule has 6 rings (SSSR count). The third kappa shape index (κ3) is 4.32. The molecule has 0 N–H and O–H groups in total. The number of hydrogen-bond acceptors (Lipinski definition) is 11. The summed E-state index contributed by atoms with van der Waals surface area (Å²) in [6.45, 7) is 3.37. The fraction of sp³-hybridized carbons (Fsp3) is 0.435. The Bertz CT molecular complexity index is 1260. The Morgan fingerprint density at radius 1 is 1.11 bits per heavy atom. The lowest BCUT2D eigenvalue weighted by Crippen LogP contribution is -2.35. The van der Waals surface area contributed by atoms with Crippen LogP contribution in [0, 0.1) is 0 Å². The van der Waals surface area contributed by atoms with Gasteiger partial charge in [0, 0.05) is 25.7 Å². The third-order valence-electron chi connectivity index (χ3n) is 6.22. The van der Waals surface area contributed by atoms with Crippen molar-refractivity contribution in [3.63, 3.8) is 0 Å². The molecule has 0 radical (unpaired) electrons. The monoisotopic (exact) mass is 480 g/mol. The van der Waals surface area contributed by atoms with E-state index in [1.807, 2.05) is 18.2 Å². The molecule has 3 aliphatic rings. The van der Waals surface area contributed by atoms with Gasteiger partial charge >= 0.3 is 6.09 Å². The SMILES string of the molecule is COc1ccc2ncnc(O[C@@H]3CCN(C[C@@H]4CN(c5cc6c(nn5)OCCO6)C(=O)O4)C3)c2c1. The van der Waals surface area contributed by atoms with Gasteiger partial charge in [0.1, 0.15) is 37.5 Å². The highest BCUT2D eigenvalue weighted by atomic mass is 16.6. The lowest BCUT2D eigenvalue weighted by atomic mass is 10.2. The van der Waals surface area contributed by atoms with E-state index in [-0.39, 0.29) is 12.2 Å². The van der Waals surface area contributed by atoms with Gasteiger partial charge in [-0.1, -0.05) is 0 Å². The fourth-order valence-electron chi connectivity index (χ4n) is 4.52. The van der Waals surface area contributed by atoms with E-state index in [0.29, 0.717) is 56.2 Å². The van der Waals surface area contributed by atoms with Gasteiger partial charge < -0.3 is 23.7 Å². The first kappa shape index (κ1) is 21.6. The van der Waals surface area contributed by atoms with Gasteiger partial charge in [-0.25, -0.2) is 14.8 Å². The molecule has 5 heterocycles. The van der Waals surface area contributed by atoms with Crippen molar-refractivity contribution in [1.29, 1.82) is 0 Å². The second-order valence-corrected chi connectivity index (χ2v) is 8.54. The third-order valence-corrected chi connectivity index (χ3v) is 6.22. The number of rotatable bonds is 6. The van der Waals surface area contributed by atoms with Gasteiger partial charge in [0.2, 0.25) is 5.88 Å². The van der Waals surface area contributed by atoms with E-state index in [1.165, 1.54) is 11.2 Å². The summed E-state index contributed by atoms with van der Waals surface area (Å²) in [7, 11) is 1.62. The number of carbonyl (C=O) groups is 1. The summed E-state index contributed by atoms with van der Waals surface area (Å²) >= 11 is 0. The minimum Gasteiger partial charge on any atom is -0.497 e. The molecule has 2 saturated heterocycles. The van der Waals surface area contributed by atoms with Crippen molar-refractivity contribution in [2.75, 3.05) is 51.4 Å². The first-order valence-electron chi connectivity index (χ1n) is 11.5. The van der Waals surface area contributed by atoms with Crippen LogP contribution in [0.5, 0.6) is 23.3 Å². The van der Waals surface area contributed by atoms with Crippen LogP contribution in [0.3, 0.4) is 0 Å². The minimum absolute atomic E-state index is 0.0313. The first-order chi connectivity index (χ1) is 17.2. The normalized spacial score (nSPS) is 21.9. The summed E-state index contributed by atoms with van der Waals surface area (Å²) in [4.78, 5) is 24.9. The minimum atomic E-state index is -0.450. The van der Waals surface area contributed by atoms with Crippen LogP contribution in [0.1, 0.15) is 6.42 Å². The summed E-state index contributed by atoms with van der Waals surface area (Å²) in [5.41, 5.74) is 0.797. The molecular formula is C23H24N6O6. The lowest BCUT2D eigenvalue weighted by Gasteiger charge is -2.20. The van der Waals surface area contributed by atoms with Crippen molar-refractivity contribution in [3.05, 3.63) is 30.6 Å². The zero-order valence-corrected chi connectivity index (χ0v) is 19.1. The molecule has 1 amide bonds.